The van der Waals surface area contributed by atoms with Gasteiger partial charge in [-0.1, -0.05) is 39.8 Å². The number of hydrogen-bond acceptors (Lipinski definition) is 1. The van der Waals surface area contributed by atoms with Crippen molar-refractivity contribution in [3.8, 4) is 5.75 Å². The molecule has 0 saturated carbocycles. The van der Waals surface area contributed by atoms with Gasteiger partial charge in [-0.3, -0.25) is 0 Å². The zero-order valence-electron chi connectivity index (χ0n) is 10.8. The SMILES string of the molecule is CC(C)c1ccc2c(c1)OCC[C@@H]2C(C)C. The average molecular weight is 218 g/mol. The molecule has 2 rings (SSSR count). The number of rotatable bonds is 2. The summed E-state index contributed by atoms with van der Waals surface area (Å²) in [7, 11) is 0. The van der Waals surface area contributed by atoms with Crippen LogP contribution in [0.1, 0.15) is 57.1 Å². The first kappa shape index (κ1) is 11.5. The first-order valence-corrected chi connectivity index (χ1v) is 6.36. The van der Waals surface area contributed by atoms with Crippen molar-refractivity contribution in [1.82, 2.24) is 0 Å². The molecule has 1 nitrogen and oxygen atoms in total. The third-order valence-electron chi connectivity index (χ3n) is 3.59. The molecule has 0 aliphatic carbocycles. The van der Waals surface area contributed by atoms with Crippen molar-refractivity contribution in [2.45, 2.75) is 46.0 Å². The molecule has 0 radical (unpaired) electrons. The van der Waals surface area contributed by atoms with E-state index in [0.717, 1.165) is 18.8 Å². The van der Waals surface area contributed by atoms with Gasteiger partial charge in [0.05, 0.1) is 6.61 Å². The van der Waals surface area contributed by atoms with Gasteiger partial charge >= 0.3 is 0 Å². The van der Waals surface area contributed by atoms with Gasteiger partial charge in [0.2, 0.25) is 0 Å². The van der Waals surface area contributed by atoms with Gasteiger partial charge in [0.1, 0.15) is 5.75 Å². The lowest BCUT2D eigenvalue weighted by molar-refractivity contribution is 0.247. The minimum absolute atomic E-state index is 0.577. The number of hydrogen-bond donors (Lipinski definition) is 0. The van der Waals surface area contributed by atoms with Crippen LogP contribution in [-0.2, 0) is 0 Å². The normalized spacial score (nSPS) is 19.8. The van der Waals surface area contributed by atoms with Crippen molar-refractivity contribution in [2.24, 2.45) is 5.92 Å². The monoisotopic (exact) mass is 218 g/mol. The van der Waals surface area contributed by atoms with Crippen LogP contribution in [0.4, 0.5) is 0 Å². The maximum absolute atomic E-state index is 5.79. The van der Waals surface area contributed by atoms with Crippen molar-refractivity contribution in [3.63, 3.8) is 0 Å². The Kier molecular flexibility index (Phi) is 3.22. The largest absolute Gasteiger partial charge is 0.493 e. The topological polar surface area (TPSA) is 9.23 Å². The second-order valence-corrected chi connectivity index (χ2v) is 5.44. The minimum atomic E-state index is 0.577. The molecule has 0 N–H and O–H groups in total. The highest BCUT2D eigenvalue weighted by Gasteiger charge is 2.24. The van der Waals surface area contributed by atoms with Gasteiger partial charge in [-0.15, -0.1) is 0 Å². The van der Waals surface area contributed by atoms with Crippen molar-refractivity contribution in [1.29, 1.82) is 0 Å². The summed E-state index contributed by atoms with van der Waals surface area (Å²) in [6, 6.07) is 6.76. The van der Waals surface area contributed by atoms with E-state index in [2.05, 4.69) is 45.9 Å². The van der Waals surface area contributed by atoms with Crippen LogP contribution in [0.2, 0.25) is 0 Å². The maximum Gasteiger partial charge on any atom is 0.123 e. The Balaban J connectivity index is 2.37. The second kappa shape index (κ2) is 4.48. The van der Waals surface area contributed by atoms with Crippen LogP contribution in [0.25, 0.3) is 0 Å². The molecule has 1 atom stereocenters. The summed E-state index contributed by atoms with van der Waals surface area (Å²) < 4.78 is 5.79. The van der Waals surface area contributed by atoms with Crippen LogP contribution in [0, 0.1) is 5.92 Å². The van der Waals surface area contributed by atoms with E-state index in [9.17, 15) is 0 Å². The zero-order chi connectivity index (χ0) is 11.7. The average Bonchev–Trinajstić information content (AvgIpc) is 2.27. The van der Waals surface area contributed by atoms with Crippen LogP contribution >= 0.6 is 0 Å². The molecule has 16 heavy (non-hydrogen) atoms. The van der Waals surface area contributed by atoms with E-state index in [-0.39, 0.29) is 0 Å². The number of ether oxygens (including phenoxy) is 1. The van der Waals surface area contributed by atoms with Gasteiger partial charge in [-0.05, 0) is 41.4 Å². The van der Waals surface area contributed by atoms with Crippen molar-refractivity contribution in [3.05, 3.63) is 29.3 Å². The lowest BCUT2D eigenvalue weighted by Gasteiger charge is -2.29. The molecule has 1 heteroatoms. The molecule has 0 bridgehead atoms. The fourth-order valence-electron chi connectivity index (χ4n) is 2.49. The molecule has 0 amide bonds. The van der Waals surface area contributed by atoms with E-state index in [0.29, 0.717) is 17.8 Å². The zero-order valence-corrected chi connectivity index (χ0v) is 10.8. The summed E-state index contributed by atoms with van der Waals surface area (Å²) >= 11 is 0. The predicted octanol–water partition coefficient (Wildman–Crippen LogP) is 4.33. The van der Waals surface area contributed by atoms with E-state index in [4.69, 9.17) is 4.74 Å². The molecule has 88 valence electrons. The molecule has 0 fully saturated rings. The molecule has 1 heterocycles. The molecule has 1 aromatic carbocycles. The van der Waals surface area contributed by atoms with Gasteiger partial charge < -0.3 is 4.74 Å². The van der Waals surface area contributed by atoms with Crippen LogP contribution in [0.15, 0.2) is 18.2 Å². The van der Waals surface area contributed by atoms with Crippen LogP contribution < -0.4 is 4.74 Å². The van der Waals surface area contributed by atoms with Crippen LogP contribution in [0.3, 0.4) is 0 Å². The highest BCUT2D eigenvalue weighted by molar-refractivity contribution is 5.42. The molecular weight excluding hydrogens is 196 g/mol. The van der Waals surface area contributed by atoms with E-state index in [1.54, 1.807) is 0 Å². The quantitative estimate of drug-likeness (QED) is 0.717. The Bertz CT molecular complexity index is 366. The standard InChI is InChI=1S/C15H22O/c1-10(2)12-5-6-14-13(11(3)4)7-8-16-15(14)9-12/h5-6,9-11,13H,7-8H2,1-4H3/t13-/m1/s1. The summed E-state index contributed by atoms with van der Waals surface area (Å²) in [5.74, 6) is 3.07. The van der Waals surface area contributed by atoms with Crippen LogP contribution in [-0.4, -0.2) is 6.61 Å². The molecule has 0 spiro atoms. The molecule has 0 aromatic heterocycles. The summed E-state index contributed by atoms with van der Waals surface area (Å²) in [5.41, 5.74) is 2.79. The number of benzene rings is 1. The van der Waals surface area contributed by atoms with Gasteiger partial charge in [-0.2, -0.15) is 0 Å². The molecule has 1 aromatic rings. The van der Waals surface area contributed by atoms with Crippen molar-refractivity contribution in [2.75, 3.05) is 6.61 Å². The van der Waals surface area contributed by atoms with E-state index < -0.39 is 0 Å². The lowest BCUT2D eigenvalue weighted by atomic mass is 9.83. The smallest absolute Gasteiger partial charge is 0.123 e. The fraction of sp³-hybridized carbons (Fsp3) is 0.600. The minimum Gasteiger partial charge on any atom is -0.493 e. The molecule has 0 unspecified atom stereocenters. The number of fused-ring (bicyclic) bond motifs is 1. The Labute approximate surface area is 98.8 Å². The highest BCUT2D eigenvalue weighted by Crippen LogP contribution is 2.39. The van der Waals surface area contributed by atoms with E-state index in [1.165, 1.54) is 11.1 Å². The Morgan fingerprint density at radius 1 is 1.19 bits per heavy atom. The maximum atomic E-state index is 5.79. The fourth-order valence-corrected chi connectivity index (χ4v) is 2.49. The summed E-state index contributed by atoms with van der Waals surface area (Å²) in [6.07, 6.45) is 1.16. The second-order valence-electron chi connectivity index (χ2n) is 5.44. The van der Waals surface area contributed by atoms with Gasteiger partial charge in [-0.25, -0.2) is 0 Å². The first-order chi connectivity index (χ1) is 7.59. The lowest BCUT2D eigenvalue weighted by Crippen LogP contribution is -2.18. The molecule has 1 aliphatic rings. The van der Waals surface area contributed by atoms with E-state index >= 15 is 0 Å². The molecule has 1 aliphatic heterocycles. The van der Waals surface area contributed by atoms with Crippen molar-refractivity contribution >= 4 is 0 Å². The Morgan fingerprint density at radius 3 is 2.56 bits per heavy atom. The molecular formula is C15H22O. The van der Waals surface area contributed by atoms with Crippen molar-refractivity contribution < 1.29 is 4.74 Å². The summed E-state index contributed by atoms with van der Waals surface area (Å²) in [6.45, 7) is 9.93. The van der Waals surface area contributed by atoms with Gasteiger partial charge in [0.15, 0.2) is 0 Å². The van der Waals surface area contributed by atoms with Gasteiger partial charge in [0.25, 0.3) is 0 Å². The third-order valence-corrected chi connectivity index (χ3v) is 3.59. The van der Waals surface area contributed by atoms with Crippen LogP contribution in [0.5, 0.6) is 5.75 Å². The predicted molar refractivity (Wildman–Crippen MR) is 68.2 cm³/mol. The first-order valence-electron chi connectivity index (χ1n) is 6.36. The summed E-state index contributed by atoms with van der Waals surface area (Å²) in [5, 5.41) is 0. The van der Waals surface area contributed by atoms with E-state index in [1.807, 2.05) is 0 Å². The van der Waals surface area contributed by atoms with Gasteiger partial charge in [0, 0.05) is 0 Å². The highest BCUT2D eigenvalue weighted by atomic mass is 16.5. The Morgan fingerprint density at radius 2 is 1.94 bits per heavy atom. The molecule has 0 saturated heterocycles. The third kappa shape index (κ3) is 2.09. The Hall–Kier alpha value is -0.980. The summed E-state index contributed by atoms with van der Waals surface area (Å²) in [4.78, 5) is 0.